The van der Waals surface area contributed by atoms with E-state index in [1.807, 2.05) is 48.5 Å². The number of alkyl halides is 3. The third-order valence-electron chi connectivity index (χ3n) is 6.57. The lowest BCUT2D eigenvalue weighted by molar-refractivity contribution is -0.148. The summed E-state index contributed by atoms with van der Waals surface area (Å²) in [6.45, 7) is -0.857. The lowest BCUT2D eigenvalue weighted by Crippen LogP contribution is -2.50. The van der Waals surface area contributed by atoms with E-state index in [1.165, 1.54) is 0 Å². The van der Waals surface area contributed by atoms with Gasteiger partial charge in [-0.2, -0.15) is 0 Å². The molecule has 10 nitrogen and oxygen atoms in total. The van der Waals surface area contributed by atoms with Crippen LogP contribution in [0.15, 0.2) is 78.9 Å². The van der Waals surface area contributed by atoms with E-state index in [0.717, 1.165) is 22.3 Å². The predicted octanol–water partition coefficient (Wildman–Crippen LogP) is 5.58. The van der Waals surface area contributed by atoms with Crippen LogP contribution in [0.25, 0.3) is 11.1 Å². The van der Waals surface area contributed by atoms with Crippen molar-refractivity contribution < 1.29 is 38.5 Å². The van der Waals surface area contributed by atoms with Crippen LogP contribution in [-0.2, 0) is 30.4 Å². The normalized spacial score (nSPS) is 13.6. The van der Waals surface area contributed by atoms with E-state index in [9.17, 15) is 24.3 Å². The van der Waals surface area contributed by atoms with Crippen molar-refractivity contribution >= 4 is 58.9 Å². The van der Waals surface area contributed by atoms with Crippen LogP contribution in [0.3, 0.4) is 0 Å². The summed E-state index contributed by atoms with van der Waals surface area (Å²) in [7, 11) is 0. The number of carboxylic acids is 1. The molecule has 1 aliphatic rings. The zero-order valence-corrected chi connectivity index (χ0v) is 24.8. The van der Waals surface area contributed by atoms with E-state index < -0.39 is 53.0 Å². The van der Waals surface area contributed by atoms with E-state index in [0.29, 0.717) is 5.56 Å². The minimum atomic E-state index is -1.92. The predicted molar refractivity (Wildman–Crippen MR) is 159 cm³/mol. The number of esters is 1. The van der Waals surface area contributed by atoms with Crippen molar-refractivity contribution in [2.75, 3.05) is 13.2 Å². The molecule has 0 aromatic heterocycles. The van der Waals surface area contributed by atoms with Crippen LogP contribution in [0, 0.1) is 0 Å². The number of carboxylic acid groups (broad SMARTS) is 1. The molecular weight excluding hydrogens is 623 g/mol. The first-order valence-electron chi connectivity index (χ1n) is 13.1. The second kappa shape index (κ2) is 14.5. The Morgan fingerprint density at radius 3 is 1.86 bits per heavy atom. The standard InChI is InChI=1S/C30H27Cl3N2O8/c31-30(32,33)17-43-29(40)35-25(27(38)41-15-18-8-2-1-3-9-18)14-24(26(36)37)34-28(39)42-16-23-21-12-6-4-10-19(21)20-11-5-7-13-22(20)23/h1-13,23-25H,14-17H2,(H,34,39)(H,35,40)(H,36,37)/t24-,25-/m0/s1. The SMILES string of the molecule is O=C(N[C@@H](C[C@H](NC(=O)OCC(Cl)(Cl)Cl)C(=O)OCc1ccccc1)C(=O)O)OCC1c2ccccc2-c2ccccc21. The summed E-state index contributed by atoms with van der Waals surface area (Å²) in [6, 6.07) is 21.0. The van der Waals surface area contributed by atoms with Crippen molar-refractivity contribution in [2.24, 2.45) is 0 Å². The Morgan fingerprint density at radius 1 is 0.744 bits per heavy atom. The Bertz CT molecular complexity index is 1420. The molecule has 0 saturated carbocycles. The number of rotatable bonds is 11. The van der Waals surface area contributed by atoms with Crippen LogP contribution in [0.5, 0.6) is 0 Å². The number of fused-ring (bicyclic) bond motifs is 3. The van der Waals surface area contributed by atoms with E-state index in [1.54, 1.807) is 30.3 Å². The number of carbonyl (C=O) groups is 4. The maximum absolute atomic E-state index is 12.9. The fourth-order valence-corrected chi connectivity index (χ4v) is 4.78. The van der Waals surface area contributed by atoms with Gasteiger partial charge in [0, 0.05) is 12.3 Å². The quantitative estimate of drug-likeness (QED) is 0.139. The molecule has 3 N–H and O–H groups in total. The third kappa shape index (κ3) is 9.00. The second-order valence-corrected chi connectivity index (χ2v) is 12.1. The highest BCUT2D eigenvalue weighted by molar-refractivity contribution is 6.67. The molecule has 0 unspecified atom stereocenters. The average molecular weight is 650 g/mol. The average Bonchev–Trinajstić information content (AvgIpc) is 3.30. The highest BCUT2D eigenvalue weighted by Gasteiger charge is 2.34. The number of halogens is 3. The van der Waals surface area contributed by atoms with Gasteiger partial charge >= 0.3 is 24.1 Å². The summed E-state index contributed by atoms with van der Waals surface area (Å²) in [6.07, 6.45) is -2.79. The number of benzene rings is 3. The van der Waals surface area contributed by atoms with Crippen LogP contribution in [0.4, 0.5) is 9.59 Å². The first-order chi connectivity index (χ1) is 20.5. The fourth-order valence-electron chi connectivity index (χ4n) is 4.61. The van der Waals surface area contributed by atoms with Gasteiger partial charge in [0.15, 0.2) is 0 Å². The van der Waals surface area contributed by atoms with Gasteiger partial charge in [-0.1, -0.05) is 114 Å². The van der Waals surface area contributed by atoms with E-state index in [2.05, 4.69) is 10.6 Å². The van der Waals surface area contributed by atoms with Gasteiger partial charge in [-0.3, -0.25) is 0 Å². The first kappa shape index (κ1) is 31.9. The molecule has 43 heavy (non-hydrogen) atoms. The third-order valence-corrected chi connectivity index (χ3v) is 6.90. The summed E-state index contributed by atoms with van der Waals surface area (Å²) in [5.74, 6) is -2.71. The van der Waals surface area contributed by atoms with Crippen molar-refractivity contribution in [1.29, 1.82) is 0 Å². The van der Waals surface area contributed by atoms with Gasteiger partial charge in [-0.05, 0) is 27.8 Å². The van der Waals surface area contributed by atoms with E-state index in [4.69, 9.17) is 49.0 Å². The van der Waals surface area contributed by atoms with Gasteiger partial charge in [0.2, 0.25) is 3.79 Å². The summed E-state index contributed by atoms with van der Waals surface area (Å²) < 4.78 is 13.6. The lowest BCUT2D eigenvalue weighted by atomic mass is 9.98. The Morgan fingerprint density at radius 2 is 1.28 bits per heavy atom. The highest BCUT2D eigenvalue weighted by Crippen LogP contribution is 2.44. The van der Waals surface area contributed by atoms with E-state index >= 15 is 0 Å². The van der Waals surface area contributed by atoms with Crippen molar-refractivity contribution in [3.8, 4) is 11.1 Å². The summed E-state index contributed by atoms with van der Waals surface area (Å²) in [4.78, 5) is 50.1. The molecule has 3 aromatic carbocycles. The van der Waals surface area contributed by atoms with Gasteiger partial charge < -0.3 is 30.0 Å². The minimum absolute atomic E-state index is 0.0592. The summed E-state index contributed by atoms with van der Waals surface area (Å²) in [5.41, 5.74) is 4.66. The number of amides is 2. The smallest absolute Gasteiger partial charge is 0.407 e. The fraction of sp³-hybridized carbons (Fsp3) is 0.267. The van der Waals surface area contributed by atoms with Gasteiger partial charge in [0.1, 0.15) is 31.9 Å². The van der Waals surface area contributed by atoms with Crippen molar-refractivity contribution in [2.45, 2.75) is 34.8 Å². The number of ether oxygens (including phenoxy) is 3. The minimum Gasteiger partial charge on any atom is -0.480 e. The maximum Gasteiger partial charge on any atom is 0.407 e. The molecular formula is C30H27Cl3N2O8. The van der Waals surface area contributed by atoms with Crippen molar-refractivity contribution in [3.63, 3.8) is 0 Å². The highest BCUT2D eigenvalue weighted by atomic mass is 35.6. The monoisotopic (exact) mass is 648 g/mol. The first-order valence-corrected chi connectivity index (χ1v) is 14.2. The number of hydrogen-bond donors (Lipinski definition) is 3. The Hall–Kier alpha value is -3.99. The van der Waals surface area contributed by atoms with Crippen LogP contribution in [0.2, 0.25) is 0 Å². The molecule has 1 aliphatic carbocycles. The van der Waals surface area contributed by atoms with Gasteiger partial charge in [0.05, 0.1) is 0 Å². The molecule has 0 fully saturated rings. The molecule has 0 radical (unpaired) electrons. The topological polar surface area (TPSA) is 140 Å². The van der Waals surface area contributed by atoms with Crippen LogP contribution < -0.4 is 10.6 Å². The van der Waals surface area contributed by atoms with Crippen molar-refractivity contribution in [1.82, 2.24) is 10.6 Å². The Kier molecular flexibility index (Phi) is 10.7. The number of alkyl carbamates (subject to hydrolysis) is 2. The Balaban J connectivity index is 1.41. The number of carbonyl (C=O) groups excluding carboxylic acids is 3. The largest absolute Gasteiger partial charge is 0.480 e. The summed E-state index contributed by atoms with van der Waals surface area (Å²) in [5, 5.41) is 14.3. The molecule has 13 heteroatoms. The van der Waals surface area contributed by atoms with Crippen LogP contribution in [-0.4, -0.2) is 58.3 Å². The number of hydrogen-bond acceptors (Lipinski definition) is 7. The molecule has 0 heterocycles. The maximum atomic E-state index is 12.9. The molecule has 0 aliphatic heterocycles. The zero-order chi connectivity index (χ0) is 31.0. The van der Waals surface area contributed by atoms with Gasteiger partial charge in [-0.15, -0.1) is 0 Å². The number of nitrogens with one attached hydrogen (secondary N) is 2. The van der Waals surface area contributed by atoms with Crippen LogP contribution in [0.1, 0.15) is 29.0 Å². The van der Waals surface area contributed by atoms with Crippen LogP contribution >= 0.6 is 34.8 Å². The molecule has 2 amide bonds. The zero-order valence-electron chi connectivity index (χ0n) is 22.5. The van der Waals surface area contributed by atoms with E-state index in [-0.39, 0.29) is 19.1 Å². The molecule has 0 saturated heterocycles. The summed E-state index contributed by atoms with van der Waals surface area (Å²) >= 11 is 16.8. The molecule has 0 spiro atoms. The van der Waals surface area contributed by atoms with Gasteiger partial charge in [-0.25, -0.2) is 19.2 Å². The molecule has 0 bridgehead atoms. The molecule has 3 aromatic rings. The Labute approximate surface area is 262 Å². The molecule has 2 atom stereocenters. The van der Waals surface area contributed by atoms with Crippen molar-refractivity contribution in [3.05, 3.63) is 95.6 Å². The molecule has 4 rings (SSSR count). The van der Waals surface area contributed by atoms with Gasteiger partial charge in [0.25, 0.3) is 0 Å². The number of aliphatic carboxylic acids is 1. The lowest BCUT2D eigenvalue weighted by Gasteiger charge is -2.22. The molecule has 226 valence electrons. The second-order valence-electron chi connectivity index (χ2n) is 9.58.